The van der Waals surface area contributed by atoms with Gasteiger partial charge in [0, 0.05) is 23.5 Å². The van der Waals surface area contributed by atoms with Crippen LogP contribution < -0.4 is 11.1 Å². The third-order valence-corrected chi connectivity index (χ3v) is 3.06. The summed E-state index contributed by atoms with van der Waals surface area (Å²) in [5.41, 5.74) is 6.68. The number of methoxy groups -OCH3 is 1. The molecule has 0 spiro atoms. The number of ether oxygens (including phenoxy) is 1. The molecule has 1 aromatic rings. The Morgan fingerprint density at radius 2 is 2.22 bits per heavy atom. The zero-order valence-corrected chi connectivity index (χ0v) is 11.0. The number of benzene rings is 1. The van der Waals surface area contributed by atoms with E-state index in [-0.39, 0.29) is 11.9 Å². The lowest BCUT2D eigenvalue weighted by molar-refractivity contribution is -0.137. The van der Waals surface area contributed by atoms with Gasteiger partial charge in [-0.2, -0.15) is 0 Å². The smallest absolute Gasteiger partial charge is 0.315 e. The molecule has 0 heterocycles. The van der Waals surface area contributed by atoms with E-state index in [9.17, 15) is 9.59 Å². The van der Waals surface area contributed by atoms with Gasteiger partial charge in [0.1, 0.15) is 0 Å². The first-order valence-electron chi connectivity index (χ1n) is 5.42. The summed E-state index contributed by atoms with van der Waals surface area (Å²) in [5, 5.41) is 2.75. The normalized spacial score (nSPS) is 9.83. The molecular weight excluding hydrogens is 252 g/mol. The summed E-state index contributed by atoms with van der Waals surface area (Å²) in [5.74, 6) is 0.525. The maximum atomic E-state index is 11.7. The zero-order valence-electron chi connectivity index (χ0n) is 10.1. The number of nitrogens with one attached hydrogen (secondary N) is 1. The van der Waals surface area contributed by atoms with Gasteiger partial charge in [-0.15, -0.1) is 11.8 Å². The van der Waals surface area contributed by atoms with Crippen LogP contribution in [-0.2, 0) is 9.53 Å². The maximum Gasteiger partial charge on any atom is 0.315 e. The van der Waals surface area contributed by atoms with Crippen molar-refractivity contribution in [3.8, 4) is 0 Å². The summed E-state index contributed by atoms with van der Waals surface area (Å²) in [4.78, 5) is 22.5. The minimum Gasteiger partial charge on any atom is -0.468 e. The summed E-state index contributed by atoms with van der Waals surface area (Å²) < 4.78 is 4.50. The monoisotopic (exact) mass is 268 g/mol. The van der Waals surface area contributed by atoms with E-state index in [1.165, 1.54) is 18.9 Å². The second-order valence-corrected chi connectivity index (χ2v) is 4.62. The number of nitrogens with two attached hydrogens (primary N) is 1. The molecule has 1 amide bonds. The average Bonchev–Trinajstić information content (AvgIpc) is 2.37. The lowest BCUT2D eigenvalue weighted by Gasteiger charge is -2.05. The molecule has 98 valence electrons. The van der Waals surface area contributed by atoms with Gasteiger partial charge in [0.25, 0.3) is 5.91 Å². The van der Waals surface area contributed by atoms with Crippen LogP contribution in [0, 0.1) is 0 Å². The van der Waals surface area contributed by atoms with Gasteiger partial charge in [-0.1, -0.05) is 6.07 Å². The first kappa shape index (κ1) is 14.4. The molecule has 0 saturated heterocycles. The van der Waals surface area contributed by atoms with Crippen molar-refractivity contribution in [2.45, 2.75) is 0 Å². The van der Waals surface area contributed by atoms with Gasteiger partial charge in [-0.25, -0.2) is 0 Å². The second-order valence-electron chi connectivity index (χ2n) is 3.51. The molecule has 3 N–H and O–H groups in total. The van der Waals surface area contributed by atoms with Gasteiger partial charge in [0.05, 0.1) is 12.9 Å². The van der Waals surface area contributed by atoms with Crippen LogP contribution in [0.15, 0.2) is 24.3 Å². The van der Waals surface area contributed by atoms with Gasteiger partial charge >= 0.3 is 5.97 Å². The highest BCUT2D eigenvalue weighted by atomic mass is 32.2. The van der Waals surface area contributed by atoms with Crippen molar-refractivity contribution < 1.29 is 14.3 Å². The summed E-state index contributed by atoms with van der Waals surface area (Å²) in [6.07, 6.45) is 0. The largest absolute Gasteiger partial charge is 0.468 e. The van der Waals surface area contributed by atoms with Crippen molar-refractivity contribution in [2.24, 2.45) is 0 Å². The Bertz CT molecular complexity index is 424. The predicted octanol–water partition coefficient (Wildman–Crippen LogP) is 0.905. The molecule has 5 nitrogen and oxygen atoms in total. The first-order chi connectivity index (χ1) is 8.63. The van der Waals surface area contributed by atoms with E-state index in [2.05, 4.69) is 10.1 Å². The molecule has 6 heteroatoms. The number of rotatable bonds is 6. The number of amides is 1. The number of nitrogen functional groups attached to an aromatic ring is 1. The molecule has 0 radical (unpaired) electrons. The number of carbonyl (C=O) groups is 2. The molecule has 0 fully saturated rings. The third-order valence-electron chi connectivity index (χ3n) is 2.13. The SMILES string of the molecule is COC(=O)CSCCNC(=O)c1cccc(N)c1. The van der Waals surface area contributed by atoms with Crippen LogP contribution in [0.2, 0.25) is 0 Å². The number of hydrogen-bond acceptors (Lipinski definition) is 5. The summed E-state index contributed by atoms with van der Waals surface area (Å²) in [6.45, 7) is 0.495. The molecule has 0 saturated carbocycles. The quantitative estimate of drug-likeness (QED) is 0.455. The average molecular weight is 268 g/mol. The molecule has 0 aliphatic heterocycles. The Balaban J connectivity index is 2.23. The van der Waals surface area contributed by atoms with Crippen molar-refractivity contribution in [3.05, 3.63) is 29.8 Å². The molecular formula is C12H16N2O3S. The fraction of sp³-hybridized carbons (Fsp3) is 0.333. The highest BCUT2D eigenvalue weighted by molar-refractivity contribution is 7.99. The standard InChI is InChI=1S/C12H16N2O3S/c1-17-11(15)8-18-6-5-14-12(16)9-3-2-4-10(13)7-9/h2-4,7H,5-6,8,13H2,1H3,(H,14,16). The Labute approximate surface area is 110 Å². The Kier molecular flexibility index (Phi) is 6.07. The van der Waals surface area contributed by atoms with E-state index in [1.54, 1.807) is 24.3 Å². The lowest BCUT2D eigenvalue weighted by Crippen LogP contribution is -2.26. The van der Waals surface area contributed by atoms with E-state index in [0.717, 1.165) is 0 Å². The molecule has 0 aromatic heterocycles. The Morgan fingerprint density at radius 1 is 1.44 bits per heavy atom. The second kappa shape index (κ2) is 7.60. The predicted molar refractivity (Wildman–Crippen MR) is 72.5 cm³/mol. The van der Waals surface area contributed by atoms with E-state index >= 15 is 0 Å². The minimum atomic E-state index is -0.262. The number of thioether (sulfide) groups is 1. The van der Waals surface area contributed by atoms with E-state index in [1.807, 2.05) is 0 Å². The van der Waals surface area contributed by atoms with Crippen molar-refractivity contribution in [1.82, 2.24) is 5.32 Å². The molecule has 0 aliphatic rings. The number of esters is 1. The van der Waals surface area contributed by atoms with E-state index in [4.69, 9.17) is 5.73 Å². The molecule has 18 heavy (non-hydrogen) atoms. The van der Waals surface area contributed by atoms with E-state index < -0.39 is 0 Å². The van der Waals surface area contributed by atoms with Gasteiger partial charge in [0.2, 0.25) is 0 Å². The van der Waals surface area contributed by atoms with Gasteiger partial charge in [-0.05, 0) is 18.2 Å². The first-order valence-corrected chi connectivity index (χ1v) is 6.57. The van der Waals surface area contributed by atoms with Crippen LogP contribution in [0.5, 0.6) is 0 Å². The van der Waals surface area contributed by atoms with Crippen LogP contribution in [0.25, 0.3) is 0 Å². The van der Waals surface area contributed by atoms with Crippen LogP contribution in [-0.4, -0.2) is 37.0 Å². The molecule has 1 aromatic carbocycles. The van der Waals surface area contributed by atoms with Crippen molar-refractivity contribution in [2.75, 3.05) is 30.9 Å². The number of anilines is 1. The maximum absolute atomic E-state index is 11.7. The van der Waals surface area contributed by atoms with Crippen LogP contribution in [0.1, 0.15) is 10.4 Å². The highest BCUT2D eigenvalue weighted by Gasteiger charge is 2.05. The molecule has 0 bridgehead atoms. The van der Waals surface area contributed by atoms with Gasteiger partial charge in [0.15, 0.2) is 0 Å². The molecule has 1 rings (SSSR count). The zero-order chi connectivity index (χ0) is 13.4. The van der Waals surface area contributed by atoms with Gasteiger partial charge in [-0.3, -0.25) is 9.59 Å². The Hall–Kier alpha value is -1.69. The third kappa shape index (κ3) is 5.09. The minimum absolute atomic E-state index is 0.166. The summed E-state index contributed by atoms with van der Waals surface area (Å²) in [7, 11) is 1.35. The number of hydrogen-bond donors (Lipinski definition) is 2. The fourth-order valence-corrected chi connectivity index (χ4v) is 1.91. The van der Waals surface area contributed by atoms with Crippen LogP contribution in [0.4, 0.5) is 5.69 Å². The Morgan fingerprint density at radius 3 is 2.89 bits per heavy atom. The topological polar surface area (TPSA) is 81.4 Å². The summed E-state index contributed by atoms with van der Waals surface area (Å²) >= 11 is 1.41. The van der Waals surface area contributed by atoms with Crippen molar-refractivity contribution in [3.63, 3.8) is 0 Å². The van der Waals surface area contributed by atoms with Crippen molar-refractivity contribution >= 4 is 29.3 Å². The highest BCUT2D eigenvalue weighted by Crippen LogP contribution is 2.06. The number of carbonyl (C=O) groups excluding carboxylic acids is 2. The summed E-state index contributed by atoms with van der Waals surface area (Å²) in [6, 6.07) is 6.78. The molecule has 0 unspecified atom stereocenters. The van der Waals surface area contributed by atoms with Crippen LogP contribution >= 0.6 is 11.8 Å². The van der Waals surface area contributed by atoms with E-state index in [0.29, 0.717) is 29.3 Å². The fourth-order valence-electron chi connectivity index (χ4n) is 1.23. The van der Waals surface area contributed by atoms with Crippen molar-refractivity contribution in [1.29, 1.82) is 0 Å². The van der Waals surface area contributed by atoms with Crippen LogP contribution in [0.3, 0.4) is 0 Å². The van der Waals surface area contributed by atoms with Gasteiger partial charge < -0.3 is 15.8 Å². The molecule has 0 aliphatic carbocycles. The molecule has 0 atom stereocenters. The lowest BCUT2D eigenvalue weighted by atomic mass is 10.2.